The third kappa shape index (κ3) is 8.05. The molecule has 0 aliphatic rings. The molecule has 0 aromatic heterocycles. The summed E-state index contributed by atoms with van der Waals surface area (Å²) < 4.78 is 16.1. The molecule has 1 N–H and O–H groups in total. The van der Waals surface area contributed by atoms with Crippen molar-refractivity contribution in [2.75, 3.05) is 19.0 Å². The molecule has 0 fully saturated rings. The predicted octanol–water partition coefficient (Wildman–Crippen LogP) is 6.96. The standard InChI is InChI=1S/C34H33NO6/c1-34(2,25-9-5-4-6-10-25)26-12-16-28(17-13-26)41-29-18-14-27(15-19-29)35-32(37)20-21-33(38)40-23-31(36)24-8-7-11-30(22-24)39-3/h4-19,22H,20-21,23H2,1-3H3,(H,35,37). The van der Waals surface area contributed by atoms with Crippen LogP contribution >= 0.6 is 0 Å². The first-order valence-corrected chi connectivity index (χ1v) is 13.3. The summed E-state index contributed by atoms with van der Waals surface area (Å²) >= 11 is 0. The number of Topliss-reactive ketones (excluding diaryl/α,β-unsaturated/α-hetero) is 1. The normalized spacial score (nSPS) is 10.9. The van der Waals surface area contributed by atoms with Crippen LogP contribution in [0.15, 0.2) is 103 Å². The van der Waals surface area contributed by atoms with Gasteiger partial charge in [-0.25, -0.2) is 0 Å². The van der Waals surface area contributed by atoms with Crippen molar-refractivity contribution in [3.05, 3.63) is 120 Å². The highest BCUT2D eigenvalue weighted by Crippen LogP contribution is 2.33. The van der Waals surface area contributed by atoms with E-state index < -0.39 is 12.6 Å². The second kappa shape index (κ2) is 13.4. The molecule has 0 saturated heterocycles. The highest BCUT2D eigenvalue weighted by atomic mass is 16.5. The molecule has 0 spiro atoms. The topological polar surface area (TPSA) is 90.9 Å². The Morgan fingerprint density at radius 2 is 1.34 bits per heavy atom. The van der Waals surface area contributed by atoms with E-state index in [0.29, 0.717) is 28.5 Å². The Kier molecular flexibility index (Phi) is 9.53. The van der Waals surface area contributed by atoms with E-state index in [-0.39, 0.29) is 29.9 Å². The number of ether oxygens (including phenoxy) is 3. The Bertz CT molecular complexity index is 1480. The van der Waals surface area contributed by atoms with E-state index in [1.54, 1.807) is 48.5 Å². The fourth-order valence-electron chi connectivity index (χ4n) is 4.24. The maximum atomic E-state index is 12.3. The molecular weight excluding hydrogens is 518 g/mol. The molecule has 210 valence electrons. The van der Waals surface area contributed by atoms with Gasteiger partial charge in [0.15, 0.2) is 12.4 Å². The van der Waals surface area contributed by atoms with Gasteiger partial charge in [-0.15, -0.1) is 0 Å². The SMILES string of the molecule is COc1cccc(C(=O)COC(=O)CCC(=O)Nc2ccc(Oc3ccc(C(C)(C)c4ccccc4)cc3)cc2)c1. The zero-order valence-electron chi connectivity index (χ0n) is 23.4. The van der Waals surface area contributed by atoms with Crippen LogP contribution in [-0.4, -0.2) is 31.4 Å². The van der Waals surface area contributed by atoms with E-state index >= 15 is 0 Å². The monoisotopic (exact) mass is 551 g/mol. The first-order valence-electron chi connectivity index (χ1n) is 13.3. The number of methoxy groups -OCH3 is 1. The summed E-state index contributed by atoms with van der Waals surface area (Å²) in [4.78, 5) is 36.6. The largest absolute Gasteiger partial charge is 0.497 e. The average Bonchev–Trinajstić information content (AvgIpc) is 3.00. The summed E-state index contributed by atoms with van der Waals surface area (Å²) in [6.45, 7) is 3.99. The van der Waals surface area contributed by atoms with Gasteiger partial charge in [0.25, 0.3) is 0 Å². The molecule has 41 heavy (non-hydrogen) atoms. The maximum Gasteiger partial charge on any atom is 0.306 e. The highest BCUT2D eigenvalue weighted by Gasteiger charge is 2.22. The number of rotatable bonds is 12. The lowest BCUT2D eigenvalue weighted by atomic mass is 9.78. The zero-order chi connectivity index (χ0) is 29.2. The van der Waals surface area contributed by atoms with E-state index in [2.05, 4.69) is 43.4 Å². The molecular formula is C34H33NO6. The number of anilines is 1. The second-order valence-electron chi connectivity index (χ2n) is 10.0. The molecule has 7 nitrogen and oxygen atoms in total. The maximum absolute atomic E-state index is 12.3. The predicted molar refractivity (Wildman–Crippen MR) is 158 cm³/mol. The third-order valence-electron chi connectivity index (χ3n) is 6.76. The van der Waals surface area contributed by atoms with Crippen LogP contribution in [0.25, 0.3) is 0 Å². The number of carbonyl (C=O) groups excluding carboxylic acids is 3. The quantitative estimate of drug-likeness (QED) is 0.151. The van der Waals surface area contributed by atoms with Gasteiger partial charge in [-0.1, -0.05) is 68.4 Å². The van der Waals surface area contributed by atoms with Gasteiger partial charge in [-0.3, -0.25) is 14.4 Å². The van der Waals surface area contributed by atoms with Gasteiger partial charge in [0.05, 0.1) is 13.5 Å². The Balaban J connectivity index is 1.21. The van der Waals surface area contributed by atoms with Gasteiger partial charge >= 0.3 is 5.97 Å². The lowest BCUT2D eigenvalue weighted by Gasteiger charge is -2.26. The molecule has 0 unspecified atom stereocenters. The number of ketones is 1. The summed E-state index contributed by atoms with van der Waals surface area (Å²) in [6, 6.07) is 31.9. The fourth-order valence-corrected chi connectivity index (χ4v) is 4.24. The van der Waals surface area contributed by atoms with E-state index in [0.717, 1.165) is 0 Å². The van der Waals surface area contributed by atoms with Crippen LogP contribution in [0, 0.1) is 0 Å². The van der Waals surface area contributed by atoms with Crippen molar-refractivity contribution >= 4 is 23.3 Å². The van der Waals surface area contributed by atoms with Crippen molar-refractivity contribution < 1.29 is 28.6 Å². The Hall–Kier alpha value is -4.91. The average molecular weight is 552 g/mol. The first-order chi connectivity index (χ1) is 19.7. The van der Waals surface area contributed by atoms with E-state index in [1.807, 2.05) is 30.3 Å². The molecule has 0 aliphatic heterocycles. The number of carbonyl (C=O) groups is 3. The molecule has 1 amide bonds. The van der Waals surface area contributed by atoms with Crippen LogP contribution in [0.2, 0.25) is 0 Å². The molecule has 0 bridgehead atoms. The number of hydrogen-bond acceptors (Lipinski definition) is 6. The second-order valence-corrected chi connectivity index (χ2v) is 10.0. The van der Waals surface area contributed by atoms with Gasteiger partial charge in [-0.2, -0.15) is 0 Å². The van der Waals surface area contributed by atoms with Crippen molar-refractivity contribution in [3.8, 4) is 17.2 Å². The van der Waals surface area contributed by atoms with Crippen molar-refractivity contribution in [3.63, 3.8) is 0 Å². The lowest BCUT2D eigenvalue weighted by Crippen LogP contribution is -2.18. The summed E-state index contributed by atoms with van der Waals surface area (Å²) in [7, 11) is 1.50. The lowest BCUT2D eigenvalue weighted by molar-refractivity contribution is -0.143. The van der Waals surface area contributed by atoms with Gasteiger partial charge in [0.2, 0.25) is 5.91 Å². The zero-order valence-corrected chi connectivity index (χ0v) is 23.4. The molecule has 0 radical (unpaired) electrons. The third-order valence-corrected chi connectivity index (χ3v) is 6.76. The van der Waals surface area contributed by atoms with Gasteiger partial charge in [-0.05, 0) is 59.7 Å². The Morgan fingerprint density at radius 3 is 2.00 bits per heavy atom. The molecule has 0 heterocycles. The Labute approximate surface area is 240 Å². The molecule has 0 atom stereocenters. The highest BCUT2D eigenvalue weighted by molar-refractivity contribution is 5.98. The van der Waals surface area contributed by atoms with E-state index in [9.17, 15) is 14.4 Å². The molecule has 0 aliphatic carbocycles. The number of esters is 1. The number of nitrogens with one attached hydrogen (secondary N) is 1. The minimum absolute atomic E-state index is 0.0733. The number of amides is 1. The van der Waals surface area contributed by atoms with Gasteiger partial charge in [0.1, 0.15) is 17.2 Å². The summed E-state index contributed by atoms with van der Waals surface area (Å²) in [6.07, 6.45) is -0.217. The summed E-state index contributed by atoms with van der Waals surface area (Å²) in [5.74, 6) is 0.552. The summed E-state index contributed by atoms with van der Waals surface area (Å²) in [5, 5.41) is 2.75. The van der Waals surface area contributed by atoms with Gasteiger partial charge < -0.3 is 19.5 Å². The molecule has 4 rings (SSSR count). The van der Waals surface area contributed by atoms with Crippen LogP contribution in [0.5, 0.6) is 17.2 Å². The number of benzene rings is 4. The van der Waals surface area contributed by atoms with Gasteiger partial charge in [0, 0.05) is 23.1 Å². The van der Waals surface area contributed by atoms with Crippen LogP contribution < -0.4 is 14.8 Å². The van der Waals surface area contributed by atoms with Crippen molar-refractivity contribution in [2.45, 2.75) is 32.1 Å². The molecule has 7 heteroatoms. The molecule has 4 aromatic carbocycles. The smallest absolute Gasteiger partial charge is 0.306 e. The van der Waals surface area contributed by atoms with E-state index in [4.69, 9.17) is 14.2 Å². The van der Waals surface area contributed by atoms with Crippen molar-refractivity contribution in [2.24, 2.45) is 0 Å². The van der Waals surface area contributed by atoms with E-state index in [1.165, 1.54) is 18.2 Å². The minimum atomic E-state index is -0.627. The number of hydrogen-bond donors (Lipinski definition) is 1. The molecule has 0 saturated carbocycles. The van der Waals surface area contributed by atoms with Crippen LogP contribution in [-0.2, 0) is 19.7 Å². The van der Waals surface area contributed by atoms with Crippen LogP contribution in [0.3, 0.4) is 0 Å². The van der Waals surface area contributed by atoms with Crippen LogP contribution in [0.4, 0.5) is 5.69 Å². The minimum Gasteiger partial charge on any atom is -0.497 e. The van der Waals surface area contributed by atoms with Crippen molar-refractivity contribution in [1.29, 1.82) is 0 Å². The fraction of sp³-hybridized carbons (Fsp3) is 0.206. The van der Waals surface area contributed by atoms with Crippen molar-refractivity contribution in [1.82, 2.24) is 0 Å². The molecule has 4 aromatic rings. The Morgan fingerprint density at radius 1 is 0.707 bits per heavy atom. The summed E-state index contributed by atoms with van der Waals surface area (Å²) in [5.41, 5.74) is 3.24. The first kappa shape index (κ1) is 29.1. The van der Waals surface area contributed by atoms with Crippen LogP contribution in [0.1, 0.15) is 48.2 Å².